The maximum Gasteiger partial charge on any atom is -0.0241 e. The SMILES string of the molecule is CCCCCCc1ccc(CCC2=CCC([C@H]3CC[C@H](CCC)CC3)CC2)cc1. The lowest BCUT2D eigenvalue weighted by Crippen LogP contribution is -2.23. The summed E-state index contributed by atoms with van der Waals surface area (Å²) in [5.41, 5.74) is 4.79. The Morgan fingerprint density at radius 3 is 2.03 bits per heavy atom. The van der Waals surface area contributed by atoms with Gasteiger partial charge in [-0.2, -0.15) is 0 Å². The van der Waals surface area contributed by atoms with Crippen LogP contribution in [0.4, 0.5) is 0 Å². The van der Waals surface area contributed by atoms with Crippen molar-refractivity contribution in [2.24, 2.45) is 17.8 Å². The van der Waals surface area contributed by atoms with Crippen LogP contribution in [0.2, 0.25) is 0 Å². The molecule has 0 amide bonds. The zero-order valence-corrected chi connectivity index (χ0v) is 19.4. The molecule has 1 aromatic rings. The zero-order chi connectivity index (χ0) is 20.3. The van der Waals surface area contributed by atoms with Crippen molar-refractivity contribution >= 4 is 0 Å². The monoisotopic (exact) mass is 394 g/mol. The highest BCUT2D eigenvalue weighted by Gasteiger charge is 2.28. The standard InChI is InChI=1S/C29H46/c1-3-5-6-7-9-25-10-12-26(13-11-25)14-15-27-18-22-29(23-19-27)28-20-16-24(8-4-2)17-21-28/h10-13,18,24,28-29H,3-9,14-17,19-23H2,1-2H3/t24-,28-,29?. The molecule has 1 aromatic carbocycles. The van der Waals surface area contributed by atoms with Gasteiger partial charge in [-0.15, -0.1) is 0 Å². The molecule has 29 heavy (non-hydrogen) atoms. The van der Waals surface area contributed by atoms with Gasteiger partial charge in [-0.3, -0.25) is 0 Å². The van der Waals surface area contributed by atoms with Crippen LogP contribution in [0.3, 0.4) is 0 Å². The van der Waals surface area contributed by atoms with E-state index in [9.17, 15) is 0 Å². The number of allylic oxidation sites excluding steroid dienone is 2. The van der Waals surface area contributed by atoms with Gasteiger partial charge in [0.15, 0.2) is 0 Å². The topological polar surface area (TPSA) is 0 Å². The number of aryl methyl sites for hydroxylation is 2. The van der Waals surface area contributed by atoms with Crippen molar-refractivity contribution in [3.63, 3.8) is 0 Å². The summed E-state index contributed by atoms with van der Waals surface area (Å²) in [5, 5.41) is 0. The van der Waals surface area contributed by atoms with Crippen LogP contribution < -0.4 is 0 Å². The van der Waals surface area contributed by atoms with Crippen molar-refractivity contribution < 1.29 is 0 Å². The highest BCUT2D eigenvalue weighted by Crippen LogP contribution is 2.41. The van der Waals surface area contributed by atoms with Gasteiger partial charge in [-0.1, -0.05) is 94.7 Å². The second-order valence-electron chi connectivity index (χ2n) is 10.1. The summed E-state index contributed by atoms with van der Waals surface area (Å²) in [6.45, 7) is 4.64. The van der Waals surface area contributed by atoms with Crippen LogP contribution >= 0.6 is 0 Å². The summed E-state index contributed by atoms with van der Waals surface area (Å²) in [6.07, 6.45) is 25.0. The van der Waals surface area contributed by atoms with Crippen LogP contribution in [-0.2, 0) is 12.8 Å². The smallest absolute Gasteiger partial charge is 0.0241 e. The van der Waals surface area contributed by atoms with Crippen molar-refractivity contribution in [1.82, 2.24) is 0 Å². The lowest BCUT2D eigenvalue weighted by molar-refractivity contribution is 0.186. The molecule has 0 aliphatic heterocycles. The predicted molar refractivity (Wildman–Crippen MR) is 128 cm³/mol. The van der Waals surface area contributed by atoms with Crippen LogP contribution in [0.1, 0.15) is 115 Å². The predicted octanol–water partition coefficient (Wildman–Crippen LogP) is 9.08. The van der Waals surface area contributed by atoms with E-state index in [0.29, 0.717) is 0 Å². The first-order valence-corrected chi connectivity index (χ1v) is 13.0. The van der Waals surface area contributed by atoms with E-state index in [1.54, 1.807) is 5.57 Å². The molecule has 2 aliphatic rings. The summed E-state index contributed by atoms with van der Waals surface area (Å²) in [4.78, 5) is 0. The molecule has 0 bridgehead atoms. The molecule has 1 saturated carbocycles. The van der Waals surface area contributed by atoms with Gasteiger partial charge >= 0.3 is 0 Å². The molecule has 3 rings (SSSR count). The fraction of sp³-hybridized carbons (Fsp3) is 0.724. The van der Waals surface area contributed by atoms with Crippen molar-refractivity contribution in [1.29, 1.82) is 0 Å². The molecule has 0 heterocycles. The average Bonchev–Trinajstić information content (AvgIpc) is 2.77. The van der Waals surface area contributed by atoms with Gasteiger partial charge in [0.05, 0.1) is 0 Å². The van der Waals surface area contributed by atoms with Gasteiger partial charge in [-0.25, -0.2) is 0 Å². The van der Waals surface area contributed by atoms with Crippen LogP contribution in [0.5, 0.6) is 0 Å². The molecule has 162 valence electrons. The molecule has 0 heteroatoms. The fourth-order valence-electron chi connectivity index (χ4n) is 5.85. The van der Waals surface area contributed by atoms with Gasteiger partial charge in [0.1, 0.15) is 0 Å². The summed E-state index contributed by atoms with van der Waals surface area (Å²) in [7, 11) is 0. The average molecular weight is 395 g/mol. The van der Waals surface area contributed by atoms with E-state index in [-0.39, 0.29) is 0 Å². The van der Waals surface area contributed by atoms with Crippen molar-refractivity contribution in [2.45, 2.75) is 117 Å². The van der Waals surface area contributed by atoms with E-state index in [1.807, 2.05) is 0 Å². The molecule has 0 radical (unpaired) electrons. The second kappa shape index (κ2) is 12.6. The van der Waals surface area contributed by atoms with E-state index in [2.05, 4.69) is 44.2 Å². The first-order valence-electron chi connectivity index (χ1n) is 13.0. The van der Waals surface area contributed by atoms with Crippen molar-refractivity contribution in [3.8, 4) is 0 Å². The van der Waals surface area contributed by atoms with Crippen LogP contribution in [-0.4, -0.2) is 0 Å². The lowest BCUT2D eigenvalue weighted by atomic mass is 9.70. The Bertz CT molecular complexity index is 585. The Labute approximate surface area is 181 Å². The molecule has 2 aliphatic carbocycles. The first-order chi connectivity index (χ1) is 14.3. The Balaban J connectivity index is 1.35. The van der Waals surface area contributed by atoms with Gasteiger partial charge in [0.2, 0.25) is 0 Å². The third-order valence-electron chi connectivity index (χ3n) is 7.88. The summed E-state index contributed by atoms with van der Waals surface area (Å²) >= 11 is 0. The lowest BCUT2D eigenvalue weighted by Gasteiger charge is -2.35. The number of rotatable bonds is 11. The van der Waals surface area contributed by atoms with Crippen LogP contribution in [0, 0.1) is 17.8 Å². The van der Waals surface area contributed by atoms with Crippen LogP contribution in [0.15, 0.2) is 35.9 Å². The number of benzene rings is 1. The summed E-state index contributed by atoms with van der Waals surface area (Å²) in [5.74, 6) is 3.08. The Hall–Kier alpha value is -1.04. The quantitative estimate of drug-likeness (QED) is 0.259. The van der Waals surface area contributed by atoms with E-state index < -0.39 is 0 Å². The van der Waals surface area contributed by atoms with Gasteiger partial charge in [0, 0.05) is 0 Å². The minimum atomic E-state index is 0.994. The van der Waals surface area contributed by atoms with Crippen molar-refractivity contribution in [3.05, 3.63) is 47.0 Å². The Morgan fingerprint density at radius 2 is 1.41 bits per heavy atom. The maximum atomic E-state index is 2.63. The molecule has 0 N–H and O–H groups in total. The normalized spacial score (nSPS) is 25.0. The number of unbranched alkanes of at least 4 members (excludes halogenated alkanes) is 3. The Kier molecular flexibility index (Phi) is 9.84. The van der Waals surface area contributed by atoms with E-state index >= 15 is 0 Å². The highest BCUT2D eigenvalue weighted by atomic mass is 14.3. The summed E-state index contributed by atoms with van der Waals surface area (Å²) < 4.78 is 0. The Morgan fingerprint density at radius 1 is 0.690 bits per heavy atom. The largest absolute Gasteiger partial charge is 0.0850 e. The van der Waals surface area contributed by atoms with E-state index in [1.165, 1.54) is 114 Å². The fourth-order valence-corrected chi connectivity index (χ4v) is 5.85. The molecule has 0 nitrogen and oxygen atoms in total. The number of hydrogen-bond acceptors (Lipinski definition) is 0. The molecule has 1 atom stereocenters. The third kappa shape index (κ3) is 7.62. The molecular formula is C29H46. The minimum Gasteiger partial charge on any atom is -0.0850 e. The van der Waals surface area contributed by atoms with Crippen LogP contribution in [0.25, 0.3) is 0 Å². The molecule has 0 aromatic heterocycles. The van der Waals surface area contributed by atoms with Gasteiger partial charge in [0.25, 0.3) is 0 Å². The second-order valence-corrected chi connectivity index (χ2v) is 10.1. The molecule has 0 saturated heterocycles. The maximum absolute atomic E-state index is 2.63. The molecule has 1 fully saturated rings. The molecule has 0 spiro atoms. The first kappa shape index (κ1) is 22.6. The van der Waals surface area contributed by atoms with E-state index in [4.69, 9.17) is 0 Å². The molecular weight excluding hydrogens is 348 g/mol. The highest BCUT2D eigenvalue weighted by molar-refractivity contribution is 5.24. The van der Waals surface area contributed by atoms with Gasteiger partial charge < -0.3 is 0 Å². The van der Waals surface area contributed by atoms with Gasteiger partial charge in [-0.05, 0) is 86.7 Å². The van der Waals surface area contributed by atoms with Crippen molar-refractivity contribution in [2.75, 3.05) is 0 Å². The molecule has 1 unspecified atom stereocenters. The third-order valence-corrected chi connectivity index (χ3v) is 7.88. The number of hydrogen-bond donors (Lipinski definition) is 0. The van der Waals surface area contributed by atoms with E-state index in [0.717, 1.165) is 17.8 Å². The zero-order valence-electron chi connectivity index (χ0n) is 19.4. The summed E-state index contributed by atoms with van der Waals surface area (Å²) in [6, 6.07) is 9.52. The minimum absolute atomic E-state index is 0.994.